The minimum Gasteiger partial charge on any atom is -0.508 e. The largest absolute Gasteiger partial charge is 0.508 e. The fraction of sp³-hybridized carbons (Fsp3) is 0.182. The maximum atomic E-state index is 10.5. The summed E-state index contributed by atoms with van der Waals surface area (Å²) in [5.74, 6) is -0.988. The molecule has 0 aromatic heterocycles. The summed E-state index contributed by atoms with van der Waals surface area (Å²) < 4.78 is 0. The molecule has 0 bridgehead atoms. The van der Waals surface area contributed by atoms with Gasteiger partial charge in [0.2, 0.25) is 0 Å². The van der Waals surface area contributed by atoms with Gasteiger partial charge in [-0.05, 0) is 17.7 Å². The number of hydrogen-bond acceptors (Lipinski definition) is 2. The third-order valence-corrected chi connectivity index (χ3v) is 1.98. The van der Waals surface area contributed by atoms with Gasteiger partial charge in [-0.25, -0.2) is 0 Å². The van der Waals surface area contributed by atoms with Gasteiger partial charge in [0, 0.05) is 5.92 Å². The molecule has 1 aromatic rings. The van der Waals surface area contributed by atoms with Crippen LogP contribution in [0.2, 0.25) is 0 Å². The molecule has 1 rings (SSSR count). The van der Waals surface area contributed by atoms with Crippen LogP contribution in [0.15, 0.2) is 36.9 Å². The molecular weight excluding hydrogens is 180 g/mol. The van der Waals surface area contributed by atoms with Gasteiger partial charge in [-0.15, -0.1) is 6.58 Å². The van der Waals surface area contributed by atoms with E-state index in [9.17, 15) is 9.90 Å². The summed E-state index contributed by atoms with van der Waals surface area (Å²) in [6, 6.07) is 6.55. The van der Waals surface area contributed by atoms with Crippen LogP contribution in [0.1, 0.15) is 17.9 Å². The summed E-state index contributed by atoms with van der Waals surface area (Å²) in [6.07, 6.45) is 1.57. The molecule has 0 radical (unpaired) electrons. The molecule has 74 valence electrons. The summed E-state index contributed by atoms with van der Waals surface area (Å²) in [6.45, 7) is 3.58. The molecule has 14 heavy (non-hydrogen) atoms. The number of phenolic OH excluding ortho intramolecular Hbond substituents is 1. The Bertz CT molecular complexity index is 344. The van der Waals surface area contributed by atoms with Crippen molar-refractivity contribution in [3.05, 3.63) is 42.5 Å². The van der Waals surface area contributed by atoms with Gasteiger partial charge in [0.05, 0.1) is 6.42 Å². The third-order valence-electron chi connectivity index (χ3n) is 1.98. The highest BCUT2D eigenvalue weighted by Crippen LogP contribution is 2.23. The van der Waals surface area contributed by atoms with Crippen molar-refractivity contribution in [2.45, 2.75) is 12.3 Å². The zero-order valence-electron chi connectivity index (χ0n) is 7.68. The minimum atomic E-state index is -0.877. The zero-order chi connectivity index (χ0) is 10.6. The summed E-state index contributed by atoms with van der Waals surface area (Å²) in [4.78, 5) is 10.5. The highest BCUT2D eigenvalue weighted by atomic mass is 16.4. The summed E-state index contributed by atoms with van der Waals surface area (Å²) in [5.41, 5.74) is 0.766. The van der Waals surface area contributed by atoms with Crippen LogP contribution < -0.4 is 0 Å². The number of carbonyl (C=O) groups is 1. The van der Waals surface area contributed by atoms with Crippen molar-refractivity contribution in [2.75, 3.05) is 0 Å². The number of aliphatic carboxylic acids is 1. The lowest BCUT2D eigenvalue weighted by Crippen LogP contribution is -2.03. The number of aromatic hydroxyl groups is 1. The second-order valence-electron chi connectivity index (χ2n) is 3.04. The van der Waals surface area contributed by atoms with Gasteiger partial charge in [-0.1, -0.05) is 18.2 Å². The molecule has 0 heterocycles. The van der Waals surface area contributed by atoms with Crippen LogP contribution in [0.3, 0.4) is 0 Å². The van der Waals surface area contributed by atoms with Crippen LogP contribution in [0.5, 0.6) is 5.75 Å². The molecule has 0 amide bonds. The lowest BCUT2D eigenvalue weighted by molar-refractivity contribution is -0.137. The average Bonchev–Trinajstić information content (AvgIpc) is 2.14. The first-order chi connectivity index (χ1) is 6.63. The summed E-state index contributed by atoms with van der Waals surface area (Å²) >= 11 is 0. The Labute approximate surface area is 82.3 Å². The Morgan fingerprint density at radius 1 is 1.57 bits per heavy atom. The smallest absolute Gasteiger partial charge is 0.304 e. The topological polar surface area (TPSA) is 57.5 Å². The van der Waals surface area contributed by atoms with E-state index in [0.29, 0.717) is 0 Å². The molecule has 0 saturated carbocycles. The molecule has 3 nitrogen and oxygen atoms in total. The minimum absolute atomic E-state index is 0.00699. The first kappa shape index (κ1) is 10.3. The number of carboxylic acids is 1. The van der Waals surface area contributed by atoms with Gasteiger partial charge in [0.15, 0.2) is 0 Å². The predicted molar refractivity (Wildman–Crippen MR) is 53.3 cm³/mol. The monoisotopic (exact) mass is 192 g/mol. The van der Waals surface area contributed by atoms with Gasteiger partial charge >= 0.3 is 5.97 Å². The van der Waals surface area contributed by atoms with E-state index in [2.05, 4.69) is 6.58 Å². The van der Waals surface area contributed by atoms with Crippen LogP contribution in [-0.2, 0) is 4.79 Å². The number of phenols is 1. The first-order valence-electron chi connectivity index (χ1n) is 4.26. The number of allylic oxidation sites excluding steroid dienone is 1. The van der Waals surface area contributed by atoms with Gasteiger partial charge in [0.25, 0.3) is 0 Å². The van der Waals surface area contributed by atoms with Crippen molar-refractivity contribution in [3.8, 4) is 5.75 Å². The molecule has 0 aliphatic rings. The summed E-state index contributed by atoms with van der Waals surface area (Å²) in [7, 11) is 0. The first-order valence-corrected chi connectivity index (χ1v) is 4.26. The Kier molecular flexibility index (Phi) is 3.29. The molecule has 1 aromatic carbocycles. The van der Waals surface area contributed by atoms with Crippen molar-refractivity contribution in [3.63, 3.8) is 0 Å². The van der Waals surface area contributed by atoms with Crippen LogP contribution in [0.25, 0.3) is 0 Å². The molecular formula is C11H12O3. The Morgan fingerprint density at radius 3 is 2.79 bits per heavy atom. The molecule has 1 atom stereocenters. The lowest BCUT2D eigenvalue weighted by atomic mass is 9.96. The van der Waals surface area contributed by atoms with Gasteiger partial charge in [-0.2, -0.15) is 0 Å². The summed E-state index contributed by atoms with van der Waals surface area (Å²) in [5, 5.41) is 17.8. The molecule has 0 spiro atoms. The third kappa shape index (κ3) is 2.62. The Balaban J connectivity index is 2.89. The number of hydrogen-bond donors (Lipinski definition) is 2. The fourth-order valence-corrected chi connectivity index (χ4v) is 1.28. The number of carboxylic acid groups (broad SMARTS) is 1. The second kappa shape index (κ2) is 4.46. The van der Waals surface area contributed by atoms with E-state index in [0.717, 1.165) is 5.56 Å². The van der Waals surface area contributed by atoms with Crippen molar-refractivity contribution >= 4 is 5.97 Å². The van der Waals surface area contributed by atoms with E-state index in [1.807, 2.05) is 0 Å². The predicted octanol–water partition coefficient (Wildman–Crippen LogP) is 2.14. The van der Waals surface area contributed by atoms with Gasteiger partial charge in [0.1, 0.15) is 5.75 Å². The number of rotatable bonds is 4. The lowest BCUT2D eigenvalue weighted by Gasteiger charge is -2.09. The highest BCUT2D eigenvalue weighted by molar-refractivity contribution is 5.68. The van der Waals surface area contributed by atoms with Crippen LogP contribution in [0.4, 0.5) is 0 Å². The van der Waals surface area contributed by atoms with Crippen LogP contribution >= 0.6 is 0 Å². The Hall–Kier alpha value is -1.77. The standard InChI is InChI=1S/C11H12O3/c1-2-8(7-11(13)14)9-4-3-5-10(12)6-9/h2-6,8,12H,1,7H2,(H,13,14)/t8-/m0/s1. The van der Waals surface area contributed by atoms with Crippen molar-refractivity contribution in [1.29, 1.82) is 0 Å². The van der Waals surface area contributed by atoms with Crippen molar-refractivity contribution in [1.82, 2.24) is 0 Å². The molecule has 0 fully saturated rings. The van der Waals surface area contributed by atoms with Gasteiger partial charge in [-0.3, -0.25) is 4.79 Å². The van der Waals surface area contributed by atoms with Crippen molar-refractivity contribution in [2.24, 2.45) is 0 Å². The second-order valence-corrected chi connectivity index (χ2v) is 3.04. The zero-order valence-corrected chi connectivity index (χ0v) is 7.68. The molecule has 0 aliphatic heterocycles. The van der Waals surface area contributed by atoms with E-state index < -0.39 is 5.97 Å². The maximum absolute atomic E-state index is 10.5. The SMILES string of the molecule is C=C[C@@H](CC(=O)O)c1cccc(O)c1. The Morgan fingerprint density at radius 2 is 2.29 bits per heavy atom. The van der Waals surface area contributed by atoms with Crippen LogP contribution in [-0.4, -0.2) is 16.2 Å². The van der Waals surface area contributed by atoms with E-state index >= 15 is 0 Å². The molecule has 0 saturated heterocycles. The molecule has 2 N–H and O–H groups in total. The van der Waals surface area contributed by atoms with Crippen LogP contribution in [0, 0.1) is 0 Å². The van der Waals surface area contributed by atoms with Crippen molar-refractivity contribution < 1.29 is 15.0 Å². The molecule has 0 aliphatic carbocycles. The van der Waals surface area contributed by atoms with E-state index in [1.54, 1.807) is 30.3 Å². The molecule has 3 heteroatoms. The quantitative estimate of drug-likeness (QED) is 0.718. The van der Waals surface area contributed by atoms with E-state index in [1.165, 1.54) is 0 Å². The van der Waals surface area contributed by atoms with E-state index in [4.69, 9.17) is 5.11 Å². The average molecular weight is 192 g/mol. The van der Waals surface area contributed by atoms with Gasteiger partial charge < -0.3 is 10.2 Å². The number of benzene rings is 1. The normalized spacial score (nSPS) is 12.0. The maximum Gasteiger partial charge on any atom is 0.304 e. The fourth-order valence-electron chi connectivity index (χ4n) is 1.28. The molecule has 0 unspecified atom stereocenters. The van der Waals surface area contributed by atoms with E-state index in [-0.39, 0.29) is 18.1 Å². The highest BCUT2D eigenvalue weighted by Gasteiger charge is 2.11.